The van der Waals surface area contributed by atoms with E-state index in [4.69, 9.17) is 5.73 Å². The molecule has 6 heteroatoms. The number of anilines is 1. The standard InChI is InChI=1S/C14H21N3O2S/c1-10-2-5-14(13(15)8-10)20(18,19)16-11-6-7-17(9-11)12-3-4-12/h2,5,8,11-12,16H,3-4,6-7,9,15H2,1H3. The number of rotatable bonds is 4. The summed E-state index contributed by atoms with van der Waals surface area (Å²) in [4.78, 5) is 2.57. The molecule has 2 fully saturated rings. The molecule has 1 aliphatic carbocycles. The van der Waals surface area contributed by atoms with Crippen LogP contribution in [-0.2, 0) is 10.0 Å². The van der Waals surface area contributed by atoms with Crippen molar-refractivity contribution in [3.05, 3.63) is 23.8 Å². The number of likely N-dealkylation sites (tertiary alicyclic amines) is 1. The number of benzene rings is 1. The van der Waals surface area contributed by atoms with Gasteiger partial charge in [-0.1, -0.05) is 6.07 Å². The lowest BCUT2D eigenvalue weighted by Gasteiger charge is -2.16. The Labute approximate surface area is 120 Å². The fourth-order valence-electron chi connectivity index (χ4n) is 2.85. The first-order valence-electron chi connectivity index (χ1n) is 7.08. The highest BCUT2D eigenvalue weighted by atomic mass is 32.2. The summed E-state index contributed by atoms with van der Waals surface area (Å²) < 4.78 is 27.6. The monoisotopic (exact) mass is 295 g/mol. The Balaban J connectivity index is 1.72. The minimum Gasteiger partial charge on any atom is -0.398 e. The van der Waals surface area contributed by atoms with Crippen molar-refractivity contribution in [2.24, 2.45) is 0 Å². The van der Waals surface area contributed by atoms with Gasteiger partial charge in [0, 0.05) is 25.2 Å². The molecule has 0 aromatic heterocycles. The van der Waals surface area contributed by atoms with Gasteiger partial charge in [0.05, 0.1) is 5.69 Å². The minimum atomic E-state index is -3.52. The van der Waals surface area contributed by atoms with E-state index >= 15 is 0 Å². The fourth-order valence-corrected chi connectivity index (χ4v) is 4.22. The van der Waals surface area contributed by atoms with Crippen LogP contribution in [-0.4, -0.2) is 38.5 Å². The van der Waals surface area contributed by atoms with Crippen molar-refractivity contribution in [1.29, 1.82) is 0 Å². The van der Waals surface area contributed by atoms with Crippen molar-refractivity contribution >= 4 is 15.7 Å². The number of nitrogens with zero attached hydrogens (tertiary/aromatic N) is 1. The van der Waals surface area contributed by atoms with Gasteiger partial charge in [-0.15, -0.1) is 0 Å². The molecule has 1 saturated heterocycles. The summed E-state index contributed by atoms with van der Waals surface area (Å²) in [7, 11) is -3.52. The van der Waals surface area contributed by atoms with Gasteiger partial charge in [0.1, 0.15) is 4.90 Å². The Morgan fingerprint density at radius 3 is 2.70 bits per heavy atom. The summed E-state index contributed by atoms with van der Waals surface area (Å²) in [5.41, 5.74) is 7.11. The second-order valence-corrected chi connectivity index (χ2v) is 7.56. The van der Waals surface area contributed by atoms with Crippen molar-refractivity contribution < 1.29 is 8.42 Å². The van der Waals surface area contributed by atoms with E-state index in [1.54, 1.807) is 18.2 Å². The van der Waals surface area contributed by atoms with Crippen molar-refractivity contribution in [1.82, 2.24) is 9.62 Å². The average molecular weight is 295 g/mol. The molecule has 0 spiro atoms. The third kappa shape index (κ3) is 2.82. The lowest BCUT2D eigenvalue weighted by Crippen LogP contribution is -2.37. The summed E-state index contributed by atoms with van der Waals surface area (Å²) in [6.07, 6.45) is 3.39. The minimum absolute atomic E-state index is 0.00121. The zero-order valence-electron chi connectivity index (χ0n) is 11.7. The van der Waals surface area contributed by atoms with Gasteiger partial charge in [0.2, 0.25) is 10.0 Å². The van der Waals surface area contributed by atoms with E-state index in [1.165, 1.54) is 12.8 Å². The van der Waals surface area contributed by atoms with E-state index in [9.17, 15) is 8.42 Å². The highest BCUT2D eigenvalue weighted by Gasteiger charge is 2.36. The first kappa shape index (κ1) is 13.9. The second-order valence-electron chi connectivity index (χ2n) is 5.87. The Kier molecular flexibility index (Phi) is 3.48. The normalized spacial score (nSPS) is 24.1. The highest BCUT2D eigenvalue weighted by molar-refractivity contribution is 7.89. The van der Waals surface area contributed by atoms with Gasteiger partial charge < -0.3 is 5.73 Å². The maximum atomic E-state index is 12.4. The van der Waals surface area contributed by atoms with Gasteiger partial charge in [0.25, 0.3) is 0 Å². The Bertz CT molecular complexity index is 611. The predicted octanol–water partition coefficient (Wildman–Crippen LogP) is 1.09. The smallest absolute Gasteiger partial charge is 0.242 e. The summed E-state index contributed by atoms with van der Waals surface area (Å²) in [5, 5.41) is 0. The summed E-state index contributed by atoms with van der Waals surface area (Å²) >= 11 is 0. The van der Waals surface area contributed by atoms with Crippen LogP contribution in [0.25, 0.3) is 0 Å². The van der Waals surface area contributed by atoms with Gasteiger partial charge in [-0.2, -0.15) is 0 Å². The highest BCUT2D eigenvalue weighted by Crippen LogP contribution is 2.30. The van der Waals surface area contributed by atoms with Crippen LogP contribution < -0.4 is 10.5 Å². The molecular formula is C14H21N3O2S. The lowest BCUT2D eigenvalue weighted by molar-refractivity contribution is 0.322. The van der Waals surface area contributed by atoms with Crippen LogP contribution in [0.5, 0.6) is 0 Å². The van der Waals surface area contributed by atoms with Gasteiger partial charge >= 0.3 is 0 Å². The number of nitrogens with one attached hydrogen (secondary N) is 1. The Morgan fingerprint density at radius 1 is 1.30 bits per heavy atom. The number of aryl methyl sites for hydroxylation is 1. The van der Waals surface area contributed by atoms with Crippen LogP contribution in [0.2, 0.25) is 0 Å². The molecule has 5 nitrogen and oxygen atoms in total. The van der Waals surface area contributed by atoms with Crippen LogP contribution in [0.15, 0.2) is 23.1 Å². The maximum Gasteiger partial charge on any atom is 0.242 e. The third-order valence-corrected chi connectivity index (χ3v) is 5.65. The Hall–Kier alpha value is -1.11. The van der Waals surface area contributed by atoms with E-state index in [-0.39, 0.29) is 10.9 Å². The largest absolute Gasteiger partial charge is 0.398 e. The van der Waals surface area contributed by atoms with Gasteiger partial charge in [-0.25, -0.2) is 13.1 Å². The molecule has 0 radical (unpaired) electrons. The Morgan fingerprint density at radius 2 is 2.05 bits per heavy atom. The van der Waals surface area contributed by atoms with Gasteiger partial charge in [-0.3, -0.25) is 4.90 Å². The van der Waals surface area contributed by atoms with Gasteiger partial charge in [-0.05, 0) is 43.9 Å². The lowest BCUT2D eigenvalue weighted by atomic mass is 10.2. The van der Waals surface area contributed by atoms with Crippen molar-refractivity contribution in [3.63, 3.8) is 0 Å². The van der Waals surface area contributed by atoms with E-state index in [2.05, 4.69) is 9.62 Å². The number of hydrogen-bond acceptors (Lipinski definition) is 4. The van der Waals surface area contributed by atoms with Crippen LogP contribution in [0.4, 0.5) is 5.69 Å². The molecule has 1 aromatic carbocycles. The zero-order chi connectivity index (χ0) is 14.3. The van der Waals surface area contributed by atoms with Crippen LogP contribution in [0.1, 0.15) is 24.8 Å². The van der Waals surface area contributed by atoms with E-state index in [0.29, 0.717) is 11.7 Å². The number of sulfonamides is 1. The fraction of sp³-hybridized carbons (Fsp3) is 0.571. The molecule has 2 aliphatic rings. The van der Waals surface area contributed by atoms with Crippen LogP contribution in [0.3, 0.4) is 0 Å². The third-order valence-electron chi connectivity index (χ3n) is 4.06. The molecule has 20 heavy (non-hydrogen) atoms. The molecule has 0 amide bonds. The van der Waals surface area contributed by atoms with E-state index < -0.39 is 10.0 Å². The molecule has 1 aromatic rings. The molecule has 3 N–H and O–H groups in total. The molecule has 1 atom stereocenters. The van der Waals surface area contributed by atoms with Crippen molar-refractivity contribution in [2.75, 3.05) is 18.8 Å². The predicted molar refractivity (Wildman–Crippen MR) is 78.9 cm³/mol. The summed E-state index contributed by atoms with van der Waals surface area (Å²) in [6.45, 7) is 3.70. The molecule has 110 valence electrons. The topological polar surface area (TPSA) is 75.4 Å². The summed E-state index contributed by atoms with van der Waals surface area (Å²) in [6, 6.07) is 5.74. The zero-order valence-corrected chi connectivity index (χ0v) is 12.5. The molecule has 1 heterocycles. The van der Waals surface area contributed by atoms with Crippen LogP contribution in [0, 0.1) is 6.92 Å². The van der Waals surface area contributed by atoms with E-state index in [1.807, 2.05) is 6.92 Å². The van der Waals surface area contributed by atoms with Crippen LogP contribution >= 0.6 is 0 Å². The number of nitrogens with two attached hydrogens (primary N) is 1. The molecule has 1 aliphatic heterocycles. The number of hydrogen-bond donors (Lipinski definition) is 2. The molecule has 0 bridgehead atoms. The molecule has 1 unspecified atom stereocenters. The summed E-state index contributed by atoms with van der Waals surface area (Å²) in [5.74, 6) is 0. The number of nitrogen functional groups attached to an aromatic ring is 1. The quantitative estimate of drug-likeness (QED) is 0.815. The van der Waals surface area contributed by atoms with Crippen molar-refractivity contribution in [2.45, 2.75) is 43.2 Å². The second kappa shape index (κ2) is 5.02. The molecule has 3 rings (SSSR count). The first-order chi connectivity index (χ1) is 9.45. The SMILES string of the molecule is Cc1ccc(S(=O)(=O)NC2CCN(C3CC3)C2)c(N)c1. The van der Waals surface area contributed by atoms with Gasteiger partial charge in [0.15, 0.2) is 0 Å². The maximum absolute atomic E-state index is 12.4. The van der Waals surface area contributed by atoms with E-state index in [0.717, 1.165) is 25.1 Å². The average Bonchev–Trinajstić information content (AvgIpc) is 3.10. The van der Waals surface area contributed by atoms with Crippen molar-refractivity contribution in [3.8, 4) is 0 Å². The molecule has 1 saturated carbocycles. The first-order valence-corrected chi connectivity index (χ1v) is 8.56. The molecular weight excluding hydrogens is 274 g/mol.